The van der Waals surface area contributed by atoms with E-state index < -0.39 is 0 Å². The molecule has 0 spiro atoms. The molecular formula is C21H22O4. The summed E-state index contributed by atoms with van der Waals surface area (Å²) in [7, 11) is 3.25. The topological polar surface area (TPSA) is 36.9 Å². The second kappa shape index (κ2) is 8.06. The van der Waals surface area contributed by atoms with Gasteiger partial charge in [-0.05, 0) is 36.8 Å². The number of benzene rings is 2. The van der Waals surface area contributed by atoms with Gasteiger partial charge in [-0.2, -0.15) is 0 Å². The van der Waals surface area contributed by atoms with Crippen LogP contribution in [0.25, 0.3) is 0 Å². The molecule has 0 amide bonds. The molecule has 1 fully saturated rings. The third-order valence-corrected chi connectivity index (χ3v) is 4.08. The molecule has 130 valence electrons. The number of hydrogen-bond acceptors (Lipinski definition) is 4. The first-order valence-corrected chi connectivity index (χ1v) is 8.25. The van der Waals surface area contributed by atoms with Gasteiger partial charge in [-0.1, -0.05) is 29.5 Å². The van der Waals surface area contributed by atoms with Gasteiger partial charge < -0.3 is 18.9 Å². The van der Waals surface area contributed by atoms with Crippen LogP contribution >= 0.6 is 0 Å². The van der Waals surface area contributed by atoms with Crippen LogP contribution in [0.2, 0.25) is 0 Å². The van der Waals surface area contributed by atoms with E-state index in [-0.39, 0.29) is 6.29 Å². The standard InChI is InChI=1S/C21H22O4/c1-15-7-9-16(10-8-15)5-4-6-17-13-19(22-2)20(23-3)14-18(17)21-24-11-12-25-21/h7-10,13-14,21H,6,11-12H2,1-3H3. The molecule has 3 rings (SSSR count). The molecule has 0 atom stereocenters. The third-order valence-electron chi connectivity index (χ3n) is 4.08. The summed E-state index contributed by atoms with van der Waals surface area (Å²) < 4.78 is 22.1. The summed E-state index contributed by atoms with van der Waals surface area (Å²) in [5, 5.41) is 0. The average molecular weight is 338 g/mol. The Labute approximate surface area is 148 Å². The molecule has 0 saturated carbocycles. The minimum absolute atomic E-state index is 0.379. The fraction of sp³-hybridized carbons (Fsp3) is 0.333. The van der Waals surface area contributed by atoms with Gasteiger partial charge in [0.25, 0.3) is 0 Å². The van der Waals surface area contributed by atoms with Gasteiger partial charge in [0.05, 0.1) is 27.4 Å². The molecule has 0 unspecified atom stereocenters. The highest BCUT2D eigenvalue weighted by molar-refractivity contribution is 5.49. The molecule has 0 aliphatic carbocycles. The first kappa shape index (κ1) is 17.3. The third kappa shape index (κ3) is 4.14. The quantitative estimate of drug-likeness (QED) is 0.798. The van der Waals surface area contributed by atoms with E-state index in [9.17, 15) is 0 Å². The number of methoxy groups -OCH3 is 2. The molecular weight excluding hydrogens is 316 g/mol. The average Bonchev–Trinajstić information content (AvgIpc) is 3.17. The highest BCUT2D eigenvalue weighted by atomic mass is 16.7. The summed E-state index contributed by atoms with van der Waals surface area (Å²) in [5.41, 5.74) is 4.18. The Morgan fingerprint density at radius 3 is 2.28 bits per heavy atom. The maximum absolute atomic E-state index is 5.66. The Balaban J connectivity index is 1.89. The number of ether oxygens (including phenoxy) is 4. The van der Waals surface area contributed by atoms with Crippen LogP contribution in [0, 0.1) is 18.8 Å². The second-order valence-corrected chi connectivity index (χ2v) is 5.82. The number of hydrogen-bond donors (Lipinski definition) is 0. The van der Waals surface area contributed by atoms with Gasteiger partial charge >= 0.3 is 0 Å². The van der Waals surface area contributed by atoms with E-state index in [1.807, 2.05) is 24.3 Å². The van der Waals surface area contributed by atoms with Gasteiger partial charge in [-0.25, -0.2) is 0 Å². The smallest absolute Gasteiger partial charge is 0.184 e. The highest BCUT2D eigenvalue weighted by Crippen LogP contribution is 2.36. The molecule has 1 aliphatic heterocycles. The van der Waals surface area contributed by atoms with Crippen LogP contribution in [0.5, 0.6) is 11.5 Å². The molecule has 0 aromatic heterocycles. The molecule has 1 heterocycles. The van der Waals surface area contributed by atoms with E-state index in [1.54, 1.807) is 14.2 Å². The lowest BCUT2D eigenvalue weighted by atomic mass is 10.0. The molecule has 0 radical (unpaired) electrons. The van der Waals surface area contributed by atoms with Crippen molar-refractivity contribution in [3.05, 3.63) is 58.7 Å². The Morgan fingerprint density at radius 1 is 1.00 bits per heavy atom. The Hall–Kier alpha value is -2.48. The van der Waals surface area contributed by atoms with Crippen molar-refractivity contribution in [1.29, 1.82) is 0 Å². The molecule has 25 heavy (non-hydrogen) atoms. The number of rotatable bonds is 4. The van der Waals surface area contributed by atoms with E-state index in [0.29, 0.717) is 31.1 Å². The maximum atomic E-state index is 5.66. The summed E-state index contributed by atoms with van der Waals surface area (Å²) in [6.45, 7) is 3.25. The molecule has 2 aromatic carbocycles. The van der Waals surface area contributed by atoms with Crippen LogP contribution in [-0.2, 0) is 15.9 Å². The van der Waals surface area contributed by atoms with E-state index in [0.717, 1.165) is 16.7 Å². The van der Waals surface area contributed by atoms with Crippen LogP contribution in [0.1, 0.15) is 28.5 Å². The second-order valence-electron chi connectivity index (χ2n) is 5.82. The lowest BCUT2D eigenvalue weighted by molar-refractivity contribution is -0.0447. The zero-order chi connectivity index (χ0) is 17.6. The molecule has 0 bridgehead atoms. The Morgan fingerprint density at radius 2 is 1.64 bits per heavy atom. The van der Waals surface area contributed by atoms with Crippen molar-refractivity contribution in [3.63, 3.8) is 0 Å². The first-order chi connectivity index (χ1) is 12.2. The van der Waals surface area contributed by atoms with Crippen molar-refractivity contribution in [2.45, 2.75) is 19.6 Å². The van der Waals surface area contributed by atoms with Gasteiger partial charge in [0.15, 0.2) is 17.8 Å². The minimum atomic E-state index is -0.379. The summed E-state index contributed by atoms with van der Waals surface area (Å²) in [5.74, 6) is 7.77. The van der Waals surface area contributed by atoms with Crippen LogP contribution in [0.4, 0.5) is 0 Å². The van der Waals surface area contributed by atoms with E-state index in [2.05, 4.69) is 30.9 Å². The lowest BCUT2D eigenvalue weighted by Gasteiger charge is -2.17. The highest BCUT2D eigenvalue weighted by Gasteiger charge is 2.23. The first-order valence-electron chi connectivity index (χ1n) is 8.25. The van der Waals surface area contributed by atoms with E-state index >= 15 is 0 Å². The zero-order valence-electron chi connectivity index (χ0n) is 14.8. The van der Waals surface area contributed by atoms with Crippen molar-refractivity contribution >= 4 is 0 Å². The molecule has 1 aliphatic rings. The van der Waals surface area contributed by atoms with Crippen molar-refractivity contribution in [3.8, 4) is 23.3 Å². The fourth-order valence-electron chi connectivity index (χ4n) is 2.73. The molecule has 0 N–H and O–H groups in total. The van der Waals surface area contributed by atoms with Crippen LogP contribution in [0.15, 0.2) is 36.4 Å². The Bertz CT molecular complexity index is 778. The largest absolute Gasteiger partial charge is 0.493 e. The van der Waals surface area contributed by atoms with Gasteiger partial charge in [0, 0.05) is 17.5 Å². The van der Waals surface area contributed by atoms with E-state index in [4.69, 9.17) is 18.9 Å². The van der Waals surface area contributed by atoms with Gasteiger partial charge in [0.1, 0.15) is 0 Å². The van der Waals surface area contributed by atoms with Crippen LogP contribution < -0.4 is 9.47 Å². The van der Waals surface area contributed by atoms with Crippen molar-refractivity contribution in [2.24, 2.45) is 0 Å². The van der Waals surface area contributed by atoms with Crippen molar-refractivity contribution in [2.75, 3.05) is 27.4 Å². The summed E-state index contributed by atoms with van der Waals surface area (Å²) >= 11 is 0. The zero-order valence-corrected chi connectivity index (χ0v) is 14.8. The number of aryl methyl sites for hydroxylation is 1. The molecule has 4 heteroatoms. The fourth-order valence-corrected chi connectivity index (χ4v) is 2.73. The van der Waals surface area contributed by atoms with Gasteiger partial charge in [-0.3, -0.25) is 0 Å². The predicted molar refractivity (Wildman–Crippen MR) is 96.0 cm³/mol. The molecule has 1 saturated heterocycles. The Kier molecular flexibility index (Phi) is 5.60. The van der Waals surface area contributed by atoms with Crippen LogP contribution in [0.3, 0.4) is 0 Å². The minimum Gasteiger partial charge on any atom is -0.493 e. The van der Waals surface area contributed by atoms with Crippen molar-refractivity contribution in [1.82, 2.24) is 0 Å². The van der Waals surface area contributed by atoms with Crippen LogP contribution in [-0.4, -0.2) is 27.4 Å². The maximum Gasteiger partial charge on any atom is 0.184 e. The monoisotopic (exact) mass is 338 g/mol. The lowest BCUT2D eigenvalue weighted by Crippen LogP contribution is -2.05. The van der Waals surface area contributed by atoms with Gasteiger partial charge in [0.2, 0.25) is 0 Å². The summed E-state index contributed by atoms with van der Waals surface area (Å²) in [6.07, 6.45) is 0.197. The van der Waals surface area contributed by atoms with E-state index in [1.165, 1.54) is 5.56 Å². The molecule has 4 nitrogen and oxygen atoms in total. The summed E-state index contributed by atoms with van der Waals surface area (Å²) in [4.78, 5) is 0. The normalized spacial score (nSPS) is 14.0. The SMILES string of the molecule is COc1cc(CC#Cc2ccc(C)cc2)c(C2OCCO2)cc1OC. The predicted octanol–water partition coefficient (Wildman–Crippen LogP) is 3.65. The van der Waals surface area contributed by atoms with Gasteiger partial charge in [-0.15, -0.1) is 0 Å². The molecule has 2 aromatic rings. The summed E-state index contributed by atoms with van der Waals surface area (Å²) in [6, 6.07) is 12.0. The van der Waals surface area contributed by atoms with Crippen molar-refractivity contribution < 1.29 is 18.9 Å².